The van der Waals surface area contributed by atoms with E-state index in [0.717, 1.165) is 62.7 Å². The molecule has 18 nitrogen and oxygen atoms in total. The molecule has 3 fully saturated rings. The molecule has 0 aliphatic carbocycles. The molecular weight excluding hydrogens is 1220 g/mol. The topological polar surface area (TPSA) is 180 Å². The van der Waals surface area contributed by atoms with Gasteiger partial charge in [0.15, 0.2) is 0 Å². The van der Waals surface area contributed by atoms with Crippen LogP contribution in [0.15, 0.2) is 122 Å². The maximum absolute atomic E-state index is 15.3. The van der Waals surface area contributed by atoms with Gasteiger partial charge in [0.2, 0.25) is 0 Å². The van der Waals surface area contributed by atoms with E-state index in [4.69, 9.17) is 23.8 Å². The smallest absolute Gasteiger partial charge is 0.399 e. The van der Waals surface area contributed by atoms with Gasteiger partial charge >= 0.3 is 7.12 Å². The van der Waals surface area contributed by atoms with Gasteiger partial charge in [0.25, 0.3) is 0 Å². The van der Waals surface area contributed by atoms with Crippen LogP contribution in [-0.4, -0.2) is 120 Å². The first-order chi connectivity index (χ1) is 41.3. The minimum absolute atomic E-state index is 0.196. The van der Waals surface area contributed by atoms with Crippen molar-refractivity contribution in [2.75, 3.05) is 73.0 Å². The molecule has 3 saturated heterocycles. The Morgan fingerprint density at radius 3 is 1.51 bits per heavy atom. The molecule has 2 aromatic carbocycles. The minimum atomic E-state index is -0.698. The number of nitrogens with one attached hydrogen (secondary N) is 2. The molecule has 13 rings (SSSR count). The van der Waals surface area contributed by atoms with Gasteiger partial charge in [0.1, 0.15) is 34.9 Å². The molecule has 10 aromatic rings. The lowest BCUT2D eigenvalue weighted by molar-refractivity contribution is 0.00578. The van der Waals surface area contributed by atoms with Crippen LogP contribution in [-0.2, 0) is 32.9 Å². The van der Waals surface area contributed by atoms with Crippen LogP contribution < -0.4 is 25.9 Å². The van der Waals surface area contributed by atoms with Gasteiger partial charge in [0.05, 0.1) is 115 Å². The minimum Gasteiger partial charge on any atom is -0.399 e. The summed E-state index contributed by atoms with van der Waals surface area (Å²) in [6.07, 6.45) is 14.2. The Kier molecular flexibility index (Phi) is 17.3. The summed E-state index contributed by atoms with van der Waals surface area (Å²) < 4.78 is 85.8. The molecule has 0 unspecified atom stereocenters. The molecule has 0 saturated carbocycles. The number of anilines is 6. The van der Waals surface area contributed by atoms with E-state index >= 15 is 8.78 Å². The molecule has 3 aliphatic heterocycles. The lowest BCUT2D eigenvalue weighted by Crippen LogP contribution is -2.41. The lowest BCUT2D eigenvalue weighted by atomic mass is 9.82. The van der Waals surface area contributed by atoms with Gasteiger partial charge in [-0.3, -0.25) is 19.3 Å². The summed E-state index contributed by atoms with van der Waals surface area (Å²) in [5.41, 5.74) is 8.69. The number of fused-ring (bicyclic) bond motifs is 2. The van der Waals surface area contributed by atoms with Crippen molar-refractivity contribution in [3.8, 4) is 33.9 Å². The number of nitrogens with zero attached hydrogens (tertiary/aromatic N) is 12. The van der Waals surface area contributed by atoms with E-state index in [0.29, 0.717) is 90.5 Å². The largest absolute Gasteiger partial charge is 0.498 e. The Morgan fingerprint density at radius 2 is 1.05 bits per heavy atom. The van der Waals surface area contributed by atoms with E-state index in [1.807, 2.05) is 117 Å². The van der Waals surface area contributed by atoms with Crippen molar-refractivity contribution in [2.45, 2.75) is 52.7 Å². The number of morpholine rings is 2. The third-order valence-corrected chi connectivity index (χ3v) is 16.4. The molecule has 24 heteroatoms. The van der Waals surface area contributed by atoms with Gasteiger partial charge in [-0.1, -0.05) is 12.1 Å². The molecule has 8 aromatic heterocycles. The van der Waals surface area contributed by atoms with E-state index in [9.17, 15) is 8.78 Å². The zero-order valence-corrected chi connectivity index (χ0v) is 50.8. The van der Waals surface area contributed by atoms with Gasteiger partial charge < -0.3 is 39.2 Å². The Bertz CT molecular complexity index is 4080. The van der Waals surface area contributed by atoms with Crippen LogP contribution in [0, 0.1) is 40.7 Å². The van der Waals surface area contributed by atoms with Crippen molar-refractivity contribution >= 4 is 91.4 Å². The third kappa shape index (κ3) is 12.7. The maximum atomic E-state index is 15.3. The molecule has 86 heavy (non-hydrogen) atoms. The molecule has 2 N–H and O–H groups in total. The predicted molar refractivity (Wildman–Crippen MR) is 334 cm³/mol. The van der Waals surface area contributed by atoms with E-state index in [1.165, 1.54) is 12.1 Å². The van der Waals surface area contributed by atoms with Crippen molar-refractivity contribution in [3.63, 3.8) is 0 Å². The number of benzene rings is 2. The number of aromatic nitrogens is 10. The third-order valence-electron chi connectivity index (χ3n) is 15.5. The summed E-state index contributed by atoms with van der Waals surface area (Å²) in [4.78, 5) is 31.6. The highest BCUT2D eigenvalue weighted by atomic mass is 127. The van der Waals surface area contributed by atoms with Crippen LogP contribution in [0.3, 0.4) is 0 Å². The molecule has 0 spiro atoms. The SMILES string of the molecule is Cc1c(-c2ccccn2)nc2cc(F)cc(F)c2c1Nc1cc(N2CCOCC2)ncc1-c1cnn(C)c1.Cc1c(-c2ccccn2)nc2cc(F)cc(F)c2c1Nc1cc(N2CCOCC2)ncc1I.Cn1cc(B2OC(C)(C)C(C)(C)O2)cn1. The van der Waals surface area contributed by atoms with Crippen molar-refractivity contribution < 1.29 is 36.3 Å². The van der Waals surface area contributed by atoms with Crippen LogP contribution in [0.4, 0.5) is 51.9 Å². The van der Waals surface area contributed by atoms with Gasteiger partial charge in [-0.25, -0.2) is 37.5 Å². The van der Waals surface area contributed by atoms with Crippen molar-refractivity contribution in [1.29, 1.82) is 0 Å². The maximum Gasteiger partial charge on any atom is 0.498 e. The van der Waals surface area contributed by atoms with Crippen LogP contribution >= 0.6 is 22.6 Å². The fourth-order valence-corrected chi connectivity index (χ4v) is 10.7. The van der Waals surface area contributed by atoms with E-state index < -0.39 is 23.3 Å². The summed E-state index contributed by atoms with van der Waals surface area (Å²) in [5.74, 6) is -1.16. The fourth-order valence-electron chi connectivity index (χ4n) is 10.2. The quantitative estimate of drug-likeness (QED) is 0.0749. The average Bonchev–Trinajstić information content (AvgIpc) is 1.24. The summed E-state index contributed by atoms with van der Waals surface area (Å²) in [5, 5.41) is 15.7. The first-order valence-corrected chi connectivity index (χ1v) is 29.0. The highest BCUT2D eigenvalue weighted by molar-refractivity contribution is 14.1. The van der Waals surface area contributed by atoms with Crippen molar-refractivity contribution in [2.24, 2.45) is 14.1 Å². The first-order valence-electron chi connectivity index (χ1n) is 27.9. The number of ether oxygens (including phenoxy) is 2. The monoisotopic (exact) mass is 1280 g/mol. The fraction of sp³-hybridized carbons (Fsp3) is 0.290. The summed E-state index contributed by atoms with van der Waals surface area (Å²) in [6.45, 7) is 17.4. The zero-order valence-electron chi connectivity index (χ0n) is 48.7. The number of hydrogen-bond acceptors (Lipinski definition) is 16. The number of halogens is 5. The van der Waals surface area contributed by atoms with Gasteiger partial charge in [-0.2, -0.15) is 10.2 Å². The van der Waals surface area contributed by atoms with Crippen LogP contribution in [0.5, 0.6) is 0 Å². The number of pyridine rings is 6. The average molecular weight is 1280 g/mol. The molecule has 11 heterocycles. The Labute approximate surface area is 508 Å². The van der Waals surface area contributed by atoms with Crippen molar-refractivity contribution in [1.82, 2.24) is 49.5 Å². The summed E-state index contributed by atoms with van der Waals surface area (Å²) >= 11 is 2.19. The highest BCUT2D eigenvalue weighted by Crippen LogP contribution is 2.42. The molecule has 0 atom stereocenters. The van der Waals surface area contributed by atoms with Gasteiger partial charge in [-0.15, -0.1) is 0 Å². The van der Waals surface area contributed by atoms with Crippen molar-refractivity contribution in [3.05, 3.63) is 160 Å². The van der Waals surface area contributed by atoms with E-state index in [-0.39, 0.29) is 40.1 Å². The molecule has 442 valence electrons. The molecule has 3 aliphatic rings. The standard InChI is InChI=1S/C28H25F2N7O.C24H20F2IN5O.C10H17BN2O2/c1-17-27(22-5-3-4-6-31-22)35-24-12-19(29)11-21(30)26(24)28(17)34-23-13-25(37-7-9-38-10-8-37)32-15-20(23)18-14-33-36(2)16-18;1-14-23(18-4-2-3-5-28-18)31-20-11-15(25)10-16(26)22(20)24(14)30-19-12-21(29-13-17(19)27)32-6-8-33-9-7-32;1-9(2)10(3,4)15-11(14-9)8-6-12-13(5)7-8/h3-6,11-16H,7-10H2,1-2H3,(H,32,34,35);2-5,10-13H,6-9H2,1H3,(H,29,30,31);6-7H,1-5H3. The Hall–Kier alpha value is -8.17. The second-order valence-electron chi connectivity index (χ2n) is 21.9. The van der Waals surface area contributed by atoms with Gasteiger partial charge in [0, 0.05) is 148 Å². The van der Waals surface area contributed by atoms with Crippen LogP contribution in [0.1, 0.15) is 38.8 Å². The molecular formula is C62H62BF4IN14O4. The molecule has 0 radical (unpaired) electrons. The zero-order chi connectivity index (χ0) is 60.4. The number of hydrogen-bond donors (Lipinski definition) is 2. The first kappa shape index (κ1) is 59.6. The summed E-state index contributed by atoms with van der Waals surface area (Å²) in [6, 6.07) is 19.1. The van der Waals surface area contributed by atoms with E-state index in [2.05, 4.69) is 78.1 Å². The second kappa shape index (κ2) is 25.0. The number of rotatable bonds is 10. The highest BCUT2D eigenvalue weighted by Gasteiger charge is 2.52. The van der Waals surface area contributed by atoms with Gasteiger partial charge in [-0.05, 0) is 88.4 Å². The summed E-state index contributed by atoms with van der Waals surface area (Å²) in [7, 11) is 3.42. The number of aryl methyl sites for hydroxylation is 2. The molecule has 0 bridgehead atoms. The normalized spacial score (nSPS) is 15.5. The second-order valence-corrected chi connectivity index (χ2v) is 23.1. The lowest BCUT2D eigenvalue weighted by Gasteiger charge is -2.32. The Morgan fingerprint density at radius 1 is 0.570 bits per heavy atom. The Balaban J connectivity index is 0.000000146. The van der Waals surface area contributed by atoms with Crippen LogP contribution in [0.25, 0.3) is 55.7 Å². The molecule has 0 amide bonds. The van der Waals surface area contributed by atoms with Crippen LogP contribution in [0.2, 0.25) is 0 Å². The van der Waals surface area contributed by atoms with E-state index in [1.54, 1.807) is 46.5 Å². The predicted octanol–water partition coefficient (Wildman–Crippen LogP) is 11.4.